The topological polar surface area (TPSA) is 4.93 Å². The van der Waals surface area contributed by atoms with Gasteiger partial charge in [0, 0.05) is 11.1 Å². The third-order valence-corrected chi connectivity index (χ3v) is 5.85. The number of hydrogen-bond acceptors (Lipinski definition) is 0. The van der Waals surface area contributed by atoms with Crippen LogP contribution in [-0.4, -0.2) is 4.57 Å². The van der Waals surface area contributed by atoms with Gasteiger partial charge in [0.25, 0.3) is 0 Å². The first-order chi connectivity index (χ1) is 15.0. The van der Waals surface area contributed by atoms with Gasteiger partial charge in [0.15, 0.2) is 0 Å². The average molecular weight is 526 g/mol. The van der Waals surface area contributed by atoms with Gasteiger partial charge >= 0.3 is 37.9 Å². The molecule has 0 N–H and O–H groups in total. The van der Waals surface area contributed by atoms with E-state index >= 15 is 0 Å². The smallest absolute Gasteiger partial charge is 0.0516 e. The fourth-order valence-electron chi connectivity index (χ4n) is 4.49. The largest absolute Gasteiger partial charge is 0.332 e. The van der Waals surface area contributed by atoms with E-state index in [-0.39, 0.29) is 5.41 Å². The number of halogens is 2. The molecule has 0 spiro atoms. The summed E-state index contributed by atoms with van der Waals surface area (Å²) in [6.07, 6.45) is 13.0. The van der Waals surface area contributed by atoms with E-state index in [9.17, 15) is 0 Å². The fraction of sp³-hybridized carbons (Fsp3) is 0.222. The van der Waals surface area contributed by atoms with E-state index in [0.29, 0.717) is 0 Å². The second-order valence-corrected chi connectivity index (χ2v) is 12.2. The Morgan fingerprint density at radius 2 is 1.77 bits per heavy atom. The summed E-state index contributed by atoms with van der Waals surface area (Å²) in [5.74, 6) is 0. The Labute approximate surface area is 203 Å². The molecule has 0 amide bonds. The number of rotatable bonds is 1. The molecule has 6 rings (SSSR count). The van der Waals surface area contributed by atoms with E-state index < -0.39 is 20.8 Å². The molecule has 4 heteroatoms. The second kappa shape index (κ2) is 9.99. The molecular weight excluding hydrogens is 500 g/mol. The van der Waals surface area contributed by atoms with Crippen LogP contribution >= 0.6 is 17.0 Å². The molecular formula is C27H25Cl2NZr. The van der Waals surface area contributed by atoms with Gasteiger partial charge in [0.05, 0.1) is 5.52 Å². The SMILES string of the molecule is CC1(C)[C-]=CC=C1.[Cl][Zr+2][Cl].c1ccc2[cH-]c(-n3c4c(c5ccccc53)CCC4)cc2c1. The van der Waals surface area contributed by atoms with Crippen LogP contribution in [0.3, 0.4) is 0 Å². The van der Waals surface area contributed by atoms with Crippen LogP contribution in [0.2, 0.25) is 0 Å². The molecule has 1 aromatic heterocycles. The minimum atomic E-state index is -0.826. The summed E-state index contributed by atoms with van der Waals surface area (Å²) in [4.78, 5) is 0. The van der Waals surface area contributed by atoms with Gasteiger partial charge in [0.1, 0.15) is 0 Å². The van der Waals surface area contributed by atoms with Crippen molar-refractivity contribution in [1.82, 2.24) is 4.57 Å². The van der Waals surface area contributed by atoms with Gasteiger partial charge in [-0.05, 0) is 36.6 Å². The zero-order valence-corrected chi connectivity index (χ0v) is 21.8. The number of allylic oxidation sites excluding steroid dienone is 4. The first kappa shape index (κ1) is 22.7. The van der Waals surface area contributed by atoms with Crippen LogP contribution in [0.1, 0.15) is 31.5 Å². The maximum atomic E-state index is 4.93. The number of fused-ring (bicyclic) bond motifs is 4. The Bertz CT molecular complexity index is 1200. The number of aryl methyl sites for hydroxylation is 1. The summed E-state index contributed by atoms with van der Waals surface area (Å²) in [6.45, 7) is 4.26. The van der Waals surface area contributed by atoms with Crippen molar-refractivity contribution in [3.05, 3.63) is 96.2 Å². The molecule has 0 bridgehead atoms. The molecule has 1 heterocycles. The summed E-state index contributed by atoms with van der Waals surface area (Å²) < 4.78 is 2.48. The third kappa shape index (κ3) is 4.98. The molecule has 0 unspecified atom stereocenters. The van der Waals surface area contributed by atoms with Gasteiger partial charge in [-0.1, -0.05) is 43.5 Å². The predicted octanol–water partition coefficient (Wildman–Crippen LogP) is 8.31. The van der Waals surface area contributed by atoms with Gasteiger partial charge < -0.3 is 4.57 Å². The third-order valence-electron chi connectivity index (χ3n) is 5.85. The Morgan fingerprint density at radius 3 is 2.45 bits per heavy atom. The van der Waals surface area contributed by atoms with Crippen molar-refractivity contribution < 1.29 is 20.8 Å². The van der Waals surface area contributed by atoms with E-state index in [1.807, 2.05) is 12.2 Å². The molecule has 0 saturated carbocycles. The predicted molar refractivity (Wildman–Crippen MR) is 131 cm³/mol. The van der Waals surface area contributed by atoms with Gasteiger partial charge in [-0.3, -0.25) is 6.08 Å². The molecule has 2 aliphatic carbocycles. The normalized spacial score (nSPS) is 15.2. The zero-order valence-electron chi connectivity index (χ0n) is 17.8. The van der Waals surface area contributed by atoms with Crippen LogP contribution < -0.4 is 0 Å². The van der Waals surface area contributed by atoms with E-state index in [1.54, 1.807) is 5.56 Å². The van der Waals surface area contributed by atoms with Gasteiger partial charge in [0.2, 0.25) is 0 Å². The maximum absolute atomic E-state index is 4.93. The average Bonchev–Trinajstić information content (AvgIpc) is 3.51. The van der Waals surface area contributed by atoms with E-state index in [4.69, 9.17) is 17.0 Å². The van der Waals surface area contributed by atoms with Crippen molar-refractivity contribution in [2.24, 2.45) is 5.41 Å². The monoisotopic (exact) mass is 523 g/mol. The Balaban J connectivity index is 0.000000195. The first-order valence-electron chi connectivity index (χ1n) is 10.6. The Kier molecular flexibility index (Phi) is 7.32. The minimum absolute atomic E-state index is 0.208. The summed E-state index contributed by atoms with van der Waals surface area (Å²) in [5, 5.41) is 4.10. The van der Waals surface area contributed by atoms with Crippen molar-refractivity contribution in [2.45, 2.75) is 33.1 Å². The molecule has 0 aliphatic heterocycles. The van der Waals surface area contributed by atoms with Gasteiger partial charge in [-0.25, -0.2) is 12.2 Å². The molecule has 0 atom stereocenters. The van der Waals surface area contributed by atoms with Crippen LogP contribution in [-0.2, 0) is 33.7 Å². The molecule has 2 aliphatic rings. The molecule has 156 valence electrons. The van der Waals surface area contributed by atoms with Crippen LogP contribution in [0.25, 0.3) is 27.4 Å². The van der Waals surface area contributed by atoms with Crippen molar-refractivity contribution in [3.63, 3.8) is 0 Å². The van der Waals surface area contributed by atoms with Gasteiger partial charge in [-0.2, -0.15) is 6.08 Å². The molecule has 31 heavy (non-hydrogen) atoms. The Morgan fingerprint density at radius 1 is 1.03 bits per heavy atom. The second-order valence-electron chi connectivity index (χ2n) is 8.44. The van der Waals surface area contributed by atoms with E-state index in [1.165, 1.54) is 52.3 Å². The summed E-state index contributed by atoms with van der Waals surface area (Å²) in [7, 11) is 9.87. The summed E-state index contributed by atoms with van der Waals surface area (Å²) in [6, 6.07) is 22.1. The molecule has 1 nitrogen and oxygen atoms in total. The fourth-order valence-corrected chi connectivity index (χ4v) is 4.49. The summed E-state index contributed by atoms with van der Waals surface area (Å²) >= 11 is -0.826. The quantitative estimate of drug-likeness (QED) is 0.220. The number of benzene rings is 2. The molecule has 0 radical (unpaired) electrons. The van der Waals surface area contributed by atoms with Crippen LogP contribution in [0.5, 0.6) is 0 Å². The van der Waals surface area contributed by atoms with Crippen molar-refractivity contribution in [3.8, 4) is 5.69 Å². The van der Waals surface area contributed by atoms with Crippen molar-refractivity contribution >= 4 is 38.7 Å². The summed E-state index contributed by atoms with van der Waals surface area (Å²) in [5.41, 5.74) is 5.97. The van der Waals surface area contributed by atoms with Crippen molar-refractivity contribution in [2.75, 3.05) is 0 Å². The standard InChI is InChI=1S/C20H16N.C7H9.2ClH.Zr/c1-2-7-15-13-16(12-14(15)6-1)21-19-10-4-3-8-17(19)18-9-5-11-20(18)21;1-7(2)5-3-4-6-7;;;/h1-4,6-8,10,12-13H,5,9,11H2;3-5H,1-2H3;2*1H;/q2*-1;;;+4/p-2. The van der Waals surface area contributed by atoms with Gasteiger partial charge in [-0.15, -0.1) is 41.1 Å². The minimum Gasteiger partial charge on any atom is -0.332 e. The molecule has 0 fully saturated rings. The Hall–Kier alpha value is -1.47. The van der Waals surface area contributed by atoms with Crippen LogP contribution in [0.4, 0.5) is 0 Å². The number of hydrogen-bond donors (Lipinski definition) is 0. The zero-order chi connectivity index (χ0) is 21.8. The van der Waals surface area contributed by atoms with E-state index in [2.05, 4.69) is 91.2 Å². The first-order valence-corrected chi connectivity index (χ1v) is 16.9. The van der Waals surface area contributed by atoms with E-state index in [0.717, 1.165) is 0 Å². The van der Waals surface area contributed by atoms with Crippen LogP contribution in [0.15, 0.2) is 78.9 Å². The maximum Gasteiger partial charge on any atom is 0.0516 e. The van der Waals surface area contributed by atoms with Crippen LogP contribution in [0, 0.1) is 11.5 Å². The van der Waals surface area contributed by atoms with Crippen molar-refractivity contribution in [1.29, 1.82) is 0 Å². The number of para-hydroxylation sites is 1. The molecule has 4 aromatic rings. The number of nitrogens with zero attached hydrogens (tertiary/aromatic N) is 1. The molecule has 0 saturated heterocycles. The molecule has 3 aromatic carbocycles. The number of aromatic nitrogens is 1.